The zero-order chi connectivity index (χ0) is 13.1. The van der Waals surface area contributed by atoms with E-state index >= 15 is 0 Å². The second-order valence-electron chi connectivity index (χ2n) is 4.26. The van der Waals surface area contributed by atoms with Crippen LogP contribution in [-0.2, 0) is 4.79 Å². The van der Waals surface area contributed by atoms with Crippen molar-refractivity contribution in [3.63, 3.8) is 0 Å². The Morgan fingerprint density at radius 1 is 1.33 bits per heavy atom. The van der Waals surface area contributed by atoms with Crippen molar-refractivity contribution >= 4 is 11.7 Å². The van der Waals surface area contributed by atoms with Gasteiger partial charge in [0.1, 0.15) is 6.61 Å². The standard InChI is InChI=1S/C13H15NO4/c1-17-12-6-9(13(14)16)4-5-11(12)18-7-10(15)8-2-3-8/h4-6,8H,2-3,7H2,1H3,(H2,14,16). The molecule has 18 heavy (non-hydrogen) atoms. The molecule has 5 nitrogen and oxygen atoms in total. The Kier molecular flexibility index (Phi) is 3.50. The van der Waals surface area contributed by atoms with Crippen LogP contribution in [0.5, 0.6) is 11.5 Å². The Morgan fingerprint density at radius 2 is 2.06 bits per heavy atom. The number of methoxy groups -OCH3 is 1. The molecular formula is C13H15NO4. The lowest BCUT2D eigenvalue weighted by Gasteiger charge is -2.10. The van der Waals surface area contributed by atoms with E-state index in [0.717, 1.165) is 12.8 Å². The number of Topliss-reactive ketones (excluding diaryl/α,β-unsaturated/α-hetero) is 1. The third-order valence-corrected chi connectivity index (χ3v) is 2.85. The summed E-state index contributed by atoms with van der Waals surface area (Å²) in [5.41, 5.74) is 5.51. The normalized spacial score (nSPS) is 14.1. The van der Waals surface area contributed by atoms with E-state index in [-0.39, 0.29) is 18.3 Å². The van der Waals surface area contributed by atoms with Crippen LogP contribution in [0.25, 0.3) is 0 Å². The van der Waals surface area contributed by atoms with Crippen molar-refractivity contribution in [3.8, 4) is 11.5 Å². The highest BCUT2D eigenvalue weighted by Crippen LogP contribution is 2.31. The molecular weight excluding hydrogens is 234 g/mol. The molecule has 0 bridgehead atoms. The molecule has 1 aromatic rings. The molecule has 1 aliphatic rings. The highest BCUT2D eigenvalue weighted by atomic mass is 16.5. The molecule has 0 saturated heterocycles. The molecule has 1 fully saturated rings. The van der Waals surface area contributed by atoms with Crippen molar-refractivity contribution in [2.45, 2.75) is 12.8 Å². The van der Waals surface area contributed by atoms with Gasteiger partial charge in [-0.3, -0.25) is 9.59 Å². The summed E-state index contributed by atoms with van der Waals surface area (Å²) >= 11 is 0. The maximum Gasteiger partial charge on any atom is 0.248 e. The van der Waals surface area contributed by atoms with Crippen LogP contribution < -0.4 is 15.2 Å². The van der Waals surface area contributed by atoms with E-state index in [1.807, 2.05) is 0 Å². The first-order valence-electron chi connectivity index (χ1n) is 5.75. The van der Waals surface area contributed by atoms with Gasteiger partial charge in [0.2, 0.25) is 5.91 Å². The number of amides is 1. The van der Waals surface area contributed by atoms with Gasteiger partial charge in [0.15, 0.2) is 17.3 Å². The van der Waals surface area contributed by atoms with Crippen LogP contribution in [0.4, 0.5) is 0 Å². The van der Waals surface area contributed by atoms with Crippen LogP contribution >= 0.6 is 0 Å². The van der Waals surface area contributed by atoms with Gasteiger partial charge in [-0.2, -0.15) is 0 Å². The van der Waals surface area contributed by atoms with E-state index in [4.69, 9.17) is 15.2 Å². The fraction of sp³-hybridized carbons (Fsp3) is 0.385. The molecule has 1 amide bonds. The zero-order valence-electron chi connectivity index (χ0n) is 10.1. The summed E-state index contributed by atoms with van der Waals surface area (Å²) in [7, 11) is 1.47. The third-order valence-electron chi connectivity index (χ3n) is 2.85. The van der Waals surface area contributed by atoms with E-state index in [1.54, 1.807) is 12.1 Å². The summed E-state index contributed by atoms with van der Waals surface area (Å²) in [5.74, 6) is 0.581. The van der Waals surface area contributed by atoms with E-state index in [2.05, 4.69) is 0 Å². The molecule has 96 valence electrons. The van der Waals surface area contributed by atoms with Gasteiger partial charge in [0.25, 0.3) is 0 Å². The van der Waals surface area contributed by atoms with Crippen LogP contribution in [-0.4, -0.2) is 25.4 Å². The predicted molar refractivity (Wildman–Crippen MR) is 64.7 cm³/mol. The van der Waals surface area contributed by atoms with Crippen molar-refractivity contribution in [2.75, 3.05) is 13.7 Å². The van der Waals surface area contributed by atoms with Gasteiger partial charge in [-0.15, -0.1) is 0 Å². The fourth-order valence-electron chi connectivity index (χ4n) is 1.61. The van der Waals surface area contributed by atoms with Gasteiger partial charge >= 0.3 is 0 Å². The molecule has 2 N–H and O–H groups in total. The molecule has 0 heterocycles. The Labute approximate surface area is 105 Å². The number of ether oxygens (including phenoxy) is 2. The molecule has 0 spiro atoms. The maximum atomic E-state index is 11.5. The molecule has 1 saturated carbocycles. The molecule has 0 aromatic heterocycles. The molecule has 0 aliphatic heterocycles. The second-order valence-corrected chi connectivity index (χ2v) is 4.26. The Bertz CT molecular complexity index is 480. The number of hydrogen-bond acceptors (Lipinski definition) is 4. The van der Waals surface area contributed by atoms with E-state index in [1.165, 1.54) is 13.2 Å². The Morgan fingerprint density at radius 3 is 2.61 bits per heavy atom. The SMILES string of the molecule is COc1cc(C(N)=O)ccc1OCC(=O)C1CC1. The van der Waals surface area contributed by atoms with Gasteiger partial charge in [-0.25, -0.2) is 0 Å². The minimum atomic E-state index is -0.533. The lowest BCUT2D eigenvalue weighted by Crippen LogP contribution is -2.14. The topological polar surface area (TPSA) is 78.6 Å². The Balaban J connectivity index is 2.06. The summed E-state index contributed by atoms with van der Waals surface area (Å²) < 4.78 is 10.5. The average Bonchev–Trinajstić information content (AvgIpc) is 3.19. The quantitative estimate of drug-likeness (QED) is 0.820. The minimum absolute atomic E-state index is 0.0386. The number of hydrogen-bond donors (Lipinski definition) is 1. The first-order valence-corrected chi connectivity index (χ1v) is 5.75. The highest BCUT2D eigenvalue weighted by molar-refractivity contribution is 5.93. The number of carbonyl (C=O) groups is 2. The highest BCUT2D eigenvalue weighted by Gasteiger charge is 2.29. The molecule has 0 radical (unpaired) electrons. The molecule has 0 atom stereocenters. The number of carbonyl (C=O) groups excluding carboxylic acids is 2. The van der Waals surface area contributed by atoms with Crippen molar-refractivity contribution < 1.29 is 19.1 Å². The van der Waals surface area contributed by atoms with Crippen LogP contribution in [0.1, 0.15) is 23.2 Å². The fourth-order valence-corrected chi connectivity index (χ4v) is 1.61. The molecule has 1 aliphatic carbocycles. The molecule has 2 rings (SSSR count). The largest absolute Gasteiger partial charge is 0.493 e. The summed E-state index contributed by atoms with van der Waals surface area (Å²) in [6.45, 7) is 0.0386. The van der Waals surface area contributed by atoms with Crippen LogP contribution in [0, 0.1) is 5.92 Å². The van der Waals surface area contributed by atoms with Crippen molar-refractivity contribution in [2.24, 2.45) is 11.7 Å². The second kappa shape index (κ2) is 5.08. The maximum absolute atomic E-state index is 11.5. The van der Waals surface area contributed by atoms with Crippen LogP contribution in [0.15, 0.2) is 18.2 Å². The average molecular weight is 249 g/mol. The van der Waals surface area contributed by atoms with E-state index in [9.17, 15) is 9.59 Å². The summed E-state index contributed by atoms with van der Waals surface area (Å²) in [6, 6.07) is 4.63. The lowest BCUT2D eigenvalue weighted by molar-refractivity contribution is -0.122. The summed E-state index contributed by atoms with van der Waals surface area (Å²) in [6.07, 6.45) is 1.92. The smallest absolute Gasteiger partial charge is 0.248 e. The minimum Gasteiger partial charge on any atom is -0.493 e. The van der Waals surface area contributed by atoms with Gasteiger partial charge in [0, 0.05) is 11.5 Å². The summed E-state index contributed by atoms with van der Waals surface area (Å²) in [4.78, 5) is 22.5. The van der Waals surface area contributed by atoms with Crippen LogP contribution in [0.2, 0.25) is 0 Å². The van der Waals surface area contributed by atoms with Crippen molar-refractivity contribution in [1.29, 1.82) is 0 Å². The van der Waals surface area contributed by atoms with Gasteiger partial charge < -0.3 is 15.2 Å². The van der Waals surface area contributed by atoms with Gasteiger partial charge in [-0.05, 0) is 31.0 Å². The van der Waals surface area contributed by atoms with Gasteiger partial charge in [-0.1, -0.05) is 0 Å². The first kappa shape index (κ1) is 12.4. The monoisotopic (exact) mass is 249 g/mol. The molecule has 0 unspecified atom stereocenters. The van der Waals surface area contributed by atoms with E-state index in [0.29, 0.717) is 17.1 Å². The summed E-state index contributed by atoms with van der Waals surface area (Å²) in [5, 5.41) is 0. The number of benzene rings is 1. The zero-order valence-corrected chi connectivity index (χ0v) is 10.1. The third kappa shape index (κ3) is 2.80. The van der Waals surface area contributed by atoms with Crippen LogP contribution in [0.3, 0.4) is 0 Å². The van der Waals surface area contributed by atoms with E-state index < -0.39 is 5.91 Å². The number of rotatable bonds is 6. The van der Waals surface area contributed by atoms with Crippen molar-refractivity contribution in [1.82, 2.24) is 0 Å². The Hall–Kier alpha value is -2.04. The lowest BCUT2D eigenvalue weighted by atomic mass is 10.2. The molecule has 5 heteroatoms. The number of ketones is 1. The van der Waals surface area contributed by atoms with Crippen molar-refractivity contribution in [3.05, 3.63) is 23.8 Å². The van der Waals surface area contributed by atoms with Gasteiger partial charge in [0.05, 0.1) is 7.11 Å². The molecule has 1 aromatic carbocycles. The number of nitrogens with two attached hydrogens (primary N) is 1. The predicted octanol–water partition coefficient (Wildman–Crippen LogP) is 1.15. The number of primary amides is 1. The first-order chi connectivity index (χ1) is 8.61.